The summed E-state index contributed by atoms with van der Waals surface area (Å²) in [5.41, 5.74) is 2.47. The van der Waals surface area contributed by atoms with E-state index >= 15 is 0 Å². The van der Waals surface area contributed by atoms with Crippen molar-refractivity contribution >= 4 is 17.8 Å². The second-order valence-electron chi connectivity index (χ2n) is 5.78. The molecular formula is C13H26N8. The van der Waals surface area contributed by atoms with Crippen molar-refractivity contribution in [2.45, 2.75) is 19.3 Å². The summed E-state index contributed by atoms with van der Waals surface area (Å²) in [7, 11) is 5.96. The molecule has 0 bridgehead atoms. The minimum absolute atomic E-state index is 0.371. The van der Waals surface area contributed by atoms with Gasteiger partial charge in [0, 0.05) is 20.6 Å². The average Bonchev–Trinajstić information content (AvgIpc) is 2.49. The Labute approximate surface area is 126 Å². The molecule has 1 fully saturated rings. The van der Waals surface area contributed by atoms with Crippen LogP contribution in [0.1, 0.15) is 19.3 Å². The molecule has 0 aliphatic carbocycles. The van der Waals surface area contributed by atoms with E-state index in [0.29, 0.717) is 17.8 Å². The van der Waals surface area contributed by atoms with E-state index in [1.54, 1.807) is 0 Å². The predicted octanol–water partition coefficient (Wildman–Crippen LogP) is 0.367. The lowest BCUT2D eigenvalue weighted by molar-refractivity contribution is 0.215. The highest BCUT2D eigenvalue weighted by Crippen LogP contribution is 2.19. The number of likely N-dealkylation sites (tertiary alicyclic amines) is 1. The molecule has 2 rings (SSSR count). The number of rotatable bonds is 6. The normalized spacial score (nSPS) is 16.8. The first-order chi connectivity index (χ1) is 10.1. The molecule has 8 heteroatoms. The Morgan fingerprint density at radius 1 is 1.19 bits per heavy atom. The molecule has 1 aromatic heterocycles. The van der Waals surface area contributed by atoms with Crippen LogP contribution in [0.25, 0.3) is 0 Å². The summed E-state index contributed by atoms with van der Waals surface area (Å²) in [6.45, 7) is 3.26. The first-order valence-electron chi connectivity index (χ1n) is 7.41. The predicted molar refractivity (Wildman–Crippen MR) is 85.3 cm³/mol. The maximum Gasteiger partial charge on any atom is 0.243 e. The van der Waals surface area contributed by atoms with Crippen LogP contribution in [0.2, 0.25) is 0 Å². The quantitative estimate of drug-likeness (QED) is 0.511. The van der Waals surface area contributed by atoms with Gasteiger partial charge in [-0.15, -0.1) is 0 Å². The fourth-order valence-electron chi connectivity index (χ4n) is 2.45. The number of hydrazine groups is 1. The smallest absolute Gasteiger partial charge is 0.243 e. The second kappa shape index (κ2) is 7.37. The third-order valence-corrected chi connectivity index (χ3v) is 3.83. The molecule has 1 aromatic rings. The maximum absolute atomic E-state index is 5.39. The lowest BCUT2D eigenvalue weighted by Gasteiger charge is -2.28. The van der Waals surface area contributed by atoms with E-state index in [1.807, 2.05) is 19.0 Å². The molecule has 2 heterocycles. The zero-order valence-corrected chi connectivity index (χ0v) is 13.1. The van der Waals surface area contributed by atoms with E-state index < -0.39 is 0 Å². The van der Waals surface area contributed by atoms with E-state index in [-0.39, 0.29) is 0 Å². The van der Waals surface area contributed by atoms with Gasteiger partial charge in [0.2, 0.25) is 17.8 Å². The van der Waals surface area contributed by atoms with E-state index in [2.05, 4.69) is 37.6 Å². The van der Waals surface area contributed by atoms with Crippen molar-refractivity contribution in [2.24, 2.45) is 11.8 Å². The largest absolute Gasteiger partial charge is 0.354 e. The van der Waals surface area contributed by atoms with Crippen LogP contribution in [0.3, 0.4) is 0 Å². The number of nitrogens with one attached hydrogen (secondary N) is 2. The van der Waals surface area contributed by atoms with E-state index in [1.165, 1.54) is 25.9 Å². The molecule has 1 aliphatic heterocycles. The van der Waals surface area contributed by atoms with Gasteiger partial charge < -0.3 is 15.1 Å². The van der Waals surface area contributed by atoms with E-state index in [0.717, 1.165) is 18.9 Å². The number of anilines is 3. The van der Waals surface area contributed by atoms with Crippen molar-refractivity contribution in [3.8, 4) is 0 Å². The molecule has 118 valence electrons. The Hall–Kier alpha value is -1.67. The molecule has 0 amide bonds. The standard InChI is InChI=1S/C13H26N8/c1-20(2)13-17-11(16-12(18-13)19-14)15-7-4-10-5-8-21(3)9-6-10/h10H,4-9,14H2,1-3H3,(H2,15,16,17,18,19). The van der Waals surface area contributed by atoms with Crippen LogP contribution < -0.4 is 21.5 Å². The number of piperidine rings is 1. The number of hydrogen-bond donors (Lipinski definition) is 3. The molecule has 4 N–H and O–H groups in total. The van der Waals surface area contributed by atoms with Crippen molar-refractivity contribution in [3.63, 3.8) is 0 Å². The Morgan fingerprint density at radius 3 is 2.48 bits per heavy atom. The summed E-state index contributed by atoms with van der Waals surface area (Å²) in [6.07, 6.45) is 3.68. The molecule has 1 saturated heterocycles. The molecular weight excluding hydrogens is 268 g/mol. The number of nitrogens with two attached hydrogens (primary N) is 1. The Morgan fingerprint density at radius 2 is 1.86 bits per heavy atom. The first-order valence-corrected chi connectivity index (χ1v) is 7.41. The van der Waals surface area contributed by atoms with Crippen LogP contribution in [0.15, 0.2) is 0 Å². The summed E-state index contributed by atoms with van der Waals surface area (Å²) in [4.78, 5) is 17.0. The van der Waals surface area contributed by atoms with Gasteiger partial charge in [0.1, 0.15) is 0 Å². The van der Waals surface area contributed by atoms with Crippen LogP contribution in [0.4, 0.5) is 17.8 Å². The van der Waals surface area contributed by atoms with Gasteiger partial charge in [-0.3, -0.25) is 5.43 Å². The van der Waals surface area contributed by atoms with Crippen molar-refractivity contribution in [1.82, 2.24) is 19.9 Å². The number of aromatic nitrogens is 3. The fraction of sp³-hybridized carbons (Fsp3) is 0.769. The topological polar surface area (TPSA) is 95.2 Å². The lowest BCUT2D eigenvalue weighted by atomic mass is 9.94. The third kappa shape index (κ3) is 4.68. The van der Waals surface area contributed by atoms with Crippen molar-refractivity contribution in [3.05, 3.63) is 0 Å². The average molecular weight is 294 g/mol. The molecule has 0 saturated carbocycles. The summed E-state index contributed by atoms with van der Waals surface area (Å²) < 4.78 is 0. The highest BCUT2D eigenvalue weighted by molar-refractivity contribution is 5.42. The van der Waals surface area contributed by atoms with Crippen molar-refractivity contribution < 1.29 is 0 Å². The summed E-state index contributed by atoms with van der Waals surface area (Å²) in [6, 6.07) is 0. The van der Waals surface area contributed by atoms with Crippen LogP contribution in [0, 0.1) is 5.92 Å². The summed E-state index contributed by atoms with van der Waals surface area (Å²) >= 11 is 0. The van der Waals surface area contributed by atoms with E-state index in [9.17, 15) is 0 Å². The van der Waals surface area contributed by atoms with Crippen LogP contribution in [-0.4, -0.2) is 60.6 Å². The highest BCUT2D eigenvalue weighted by atomic mass is 15.4. The molecule has 21 heavy (non-hydrogen) atoms. The van der Waals surface area contributed by atoms with Crippen molar-refractivity contribution in [2.75, 3.05) is 56.4 Å². The van der Waals surface area contributed by atoms with Gasteiger partial charge >= 0.3 is 0 Å². The van der Waals surface area contributed by atoms with Gasteiger partial charge in [-0.1, -0.05) is 0 Å². The number of hydrogen-bond acceptors (Lipinski definition) is 8. The van der Waals surface area contributed by atoms with Crippen LogP contribution >= 0.6 is 0 Å². The maximum atomic E-state index is 5.39. The molecule has 1 aliphatic rings. The highest BCUT2D eigenvalue weighted by Gasteiger charge is 2.16. The van der Waals surface area contributed by atoms with Gasteiger partial charge in [0.05, 0.1) is 0 Å². The SMILES string of the molecule is CN1CCC(CCNc2nc(NN)nc(N(C)C)n2)CC1. The van der Waals surface area contributed by atoms with Gasteiger partial charge in [0.25, 0.3) is 0 Å². The van der Waals surface area contributed by atoms with E-state index in [4.69, 9.17) is 5.84 Å². The Bertz CT molecular complexity index is 442. The first kappa shape index (κ1) is 15.7. The summed E-state index contributed by atoms with van der Waals surface area (Å²) in [5.74, 6) is 7.70. The Balaban J connectivity index is 1.86. The summed E-state index contributed by atoms with van der Waals surface area (Å²) in [5, 5.41) is 3.28. The fourth-order valence-corrected chi connectivity index (χ4v) is 2.45. The third-order valence-electron chi connectivity index (χ3n) is 3.83. The van der Waals surface area contributed by atoms with Gasteiger partial charge in [-0.25, -0.2) is 5.84 Å². The number of nitrogens with zero attached hydrogens (tertiary/aromatic N) is 5. The second-order valence-corrected chi connectivity index (χ2v) is 5.78. The van der Waals surface area contributed by atoms with Crippen LogP contribution in [-0.2, 0) is 0 Å². The van der Waals surface area contributed by atoms with Gasteiger partial charge in [-0.2, -0.15) is 15.0 Å². The lowest BCUT2D eigenvalue weighted by Crippen LogP contribution is -2.31. The zero-order chi connectivity index (χ0) is 15.2. The Kier molecular flexibility index (Phi) is 5.51. The minimum Gasteiger partial charge on any atom is -0.354 e. The van der Waals surface area contributed by atoms with Gasteiger partial charge in [0.15, 0.2) is 0 Å². The molecule has 0 spiro atoms. The van der Waals surface area contributed by atoms with Crippen molar-refractivity contribution in [1.29, 1.82) is 0 Å². The zero-order valence-electron chi connectivity index (χ0n) is 13.1. The molecule has 0 aromatic carbocycles. The number of nitrogen functional groups attached to an aromatic ring is 1. The van der Waals surface area contributed by atoms with Gasteiger partial charge in [-0.05, 0) is 45.3 Å². The van der Waals surface area contributed by atoms with Crippen LogP contribution in [0.5, 0.6) is 0 Å². The minimum atomic E-state index is 0.371. The molecule has 8 nitrogen and oxygen atoms in total. The molecule has 0 radical (unpaired) electrons. The molecule has 0 unspecified atom stereocenters. The molecule has 0 atom stereocenters. The monoisotopic (exact) mass is 294 g/mol.